The van der Waals surface area contributed by atoms with E-state index in [0.29, 0.717) is 11.8 Å². The number of fused-ring (bicyclic) bond motifs is 10. The van der Waals surface area contributed by atoms with E-state index in [-0.39, 0.29) is 33.8 Å². The molecule has 290 valence electrons. The Bertz CT molecular complexity index is 2660. The predicted octanol–water partition coefficient (Wildman–Crippen LogP) is 12.4. The highest BCUT2D eigenvalue weighted by molar-refractivity contribution is 7.00. The summed E-state index contributed by atoms with van der Waals surface area (Å²) in [5, 5.41) is 1.17. The Labute approximate surface area is 341 Å². The Morgan fingerprint density at radius 1 is 0.737 bits per heavy atom. The minimum absolute atomic E-state index is 0.0261. The van der Waals surface area contributed by atoms with Crippen LogP contribution in [0, 0.1) is 29.6 Å². The molecule has 6 aliphatic rings. The van der Waals surface area contributed by atoms with Crippen molar-refractivity contribution in [2.75, 3.05) is 9.80 Å². The molecule has 4 heteroatoms. The third kappa shape index (κ3) is 4.51. The van der Waals surface area contributed by atoms with Gasteiger partial charge in [-0.1, -0.05) is 112 Å². The van der Waals surface area contributed by atoms with Crippen molar-refractivity contribution in [2.45, 2.75) is 125 Å². The van der Waals surface area contributed by atoms with Crippen LogP contribution in [0.3, 0.4) is 0 Å². The molecular formula is C53H59BN2O. The maximum atomic E-state index is 7.21. The summed E-state index contributed by atoms with van der Waals surface area (Å²) in [6.45, 7) is 29.6. The van der Waals surface area contributed by atoms with Crippen LogP contribution in [0.1, 0.15) is 124 Å². The summed E-state index contributed by atoms with van der Waals surface area (Å²) in [4.78, 5) is 5.35. The molecule has 2 unspecified atom stereocenters. The van der Waals surface area contributed by atoms with E-state index in [1.807, 2.05) is 0 Å². The standard InChI is InChI=1S/C53H59BN2O/c1-30-27-38-44-39(28-30)56-45-31(2)29-36-41(52(10,11)24-23-51(36,8)9)43(45)53(12)26-25-50(6,7)35-21-22-37(47(56)42(35)53)54(44)48-46(34-15-13-14-16-40(34)57-48)55(38)33-19-17-32(18-20-33)49(3,4)5/h13-22,27-29,36,41H,23-26H2,1-12H3/t36?,41-,53?/m1/s1. The Kier molecular flexibility index (Phi) is 6.88. The van der Waals surface area contributed by atoms with Gasteiger partial charge in [-0.25, -0.2) is 0 Å². The zero-order chi connectivity index (χ0) is 39.9. The maximum Gasteiger partial charge on any atom is 0.297 e. The van der Waals surface area contributed by atoms with E-state index in [4.69, 9.17) is 4.42 Å². The fourth-order valence-electron chi connectivity index (χ4n) is 12.9. The first-order valence-electron chi connectivity index (χ1n) is 21.8. The first kappa shape index (κ1) is 35.7. The minimum atomic E-state index is -0.0679. The first-order chi connectivity index (χ1) is 26.8. The summed E-state index contributed by atoms with van der Waals surface area (Å²) in [6, 6.07) is 28.1. The third-order valence-electron chi connectivity index (χ3n) is 16.1. The summed E-state index contributed by atoms with van der Waals surface area (Å²) in [7, 11) is 0. The molecule has 11 rings (SSSR count). The molecule has 0 saturated heterocycles. The summed E-state index contributed by atoms with van der Waals surface area (Å²) >= 11 is 0. The maximum absolute atomic E-state index is 7.21. The molecule has 5 aromatic rings. The molecule has 0 N–H and O–H groups in total. The van der Waals surface area contributed by atoms with Crippen LogP contribution in [-0.4, -0.2) is 6.71 Å². The molecule has 3 aliphatic carbocycles. The monoisotopic (exact) mass is 750 g/mol. The van der Waals surface area contributed by atoms with Gasteiger partial charge in [0.25, 0.3) is 6.71 Å². The Morgan fingerprint density at radius 3 is 2.14 bits per heavy atom. The second-order valence-electron chi connectivity index (χ2n) is 22.2. The molecule has 3 atom stereocenters. The average molecular weight is 751 g/mol. The van der Waals surface area contributed by atoms with Crippen LogP contribution < -0.4 is 26.4 Å². The zero-order valence-electron chi connectivity index (χ0n) is 36.4. The predicted molar refractivity (Wildman–Crippen MR) is 242 cm³/mol. The van der Waals surface area contributed by atoms with Gasteiger partial charge in [0, 0.05) is 39.2 Å². The van der Waals surface area contributed by atoms with Gasteiger partial charge in [-0.15, -0.1) is 0 Å². The lowest BCUT2D eigenvalue weighted by molar-refractivity contribution is 0.0162. The number of para-hydroxylation sites is 1. The van der Waals surface area contributed by atoms with Crippen LogP contribution >= 0.6 is 0 Å². The first-order valence-corrected chi connectivity index (χ1v) is 21.8. The molecule has 4 heterocycles. The van der Waals surface area contributed by atoms with Gasteiger partial charge in [-0.2, -0.15) is 0 Å². The lowest BCUT2D eigenvalue weighted by atomic mass is 9.34. The van der Waals surface area contributed by atoms with Gasteiger partial charge in [0.15, 0.2) is 0 Å². The highest BCUT2D eigenvalue weighted by Gasteiger charge is 2.61. The van der Waals surface area contributed by atoms with Crippen LogP contribution in [-0.2, 0) is 16.2 Å². The third-order valence-corrected chi connectivity index (χ3v) is 16.1. The summed E-state index contributed by atoms with van der Waals surface area (Å²) in [5.74, 6) is 0.975. The largest absolute Gasteiger partial charge is 0.468 e. The number of allylic oxidation sites excluding steroid dienone is 3. The molecule has 1 saturated carbocycles. The second kappa shape index (κ2) is 11.0. The fourth-order valence-corrected chi connectivity index (χ4v) is 12.9. The van der Waals surface area contributed by atoms with Crippen molar-refractivity contribution >= 4 is 62.7 Å². The molecule has 0 bridgehead atoms. The number of anilines is 5. The molecule has 1 aromatic heterocycles. The van der Waals surface area contributed by atoms with Crippen LogP contribution in [0.25, 0.3) is 11.0 Å². The second-order valence-corrected chi connectivity index (χ2v) is 22.2. The topological polar surface area (TPSA) is 19.6 Å². The molecule has 0 amide bonds. The molecular weight excluding hydrogens is 691 g/mol. The van der Waals surface area contributed by atoms with E-state index in [1.54, 1.807) is 16.7 Å². The van der Waals surface area contributed by atoms with Gasteiger partial charge in [-0.05, 0) is 154 Å². The Balaban J connectivity index is 1.27. The molecule has 57 heavy (non-hydrogen) atoms. The van der Waals surface area contributed by atoms with Gasteiger partial charge in [0.2, 0.25) is 0 Å². The zero-order valence-corrected chi connectivity index (χ0v) is 36.4. The quantitative estimate of drug-likeness (QED) is 0.156. The lowest BCUT2D eigenvalue weighted by Crippen LogP contribution is -2.64. The highest BCUT2D eigenvalue weighted by atomic mass is 16.3. The molecule has 1 fully saturated rings. The average Bonchev–Trinajstić information content (AvgIpc) is 3.53. The van der Waals surface area contributed by atoms with Crippen LogP contribution in [0.2, 0.25) is 0 Å². The van der Waals surface area contributed by atoms with Crippen LogP contribution in [0.15, 0.2) is 100 Å². The number of rotatable bonds is 1. The van der Waals surface area contributed by atoms with E-state index >= 15 is 0 Å². The van der Waals surface area contributed by atoms with E-state index in [9.17, 15) is 0 Å². The van der Waals surface area contributed by atoms with E-state index in [0.717, 1.165) is 11.2 Å². The fraction of sp³-hybridized carbons (Fsp3) is 0.434. The minimum Gasteiger partial charge on any atom is -0.468 e. The number of benzene rings is 4. The molecule has 0 spiro atoms. The number of hydrogen-bond acceptors (Lipinski definition) is 3. The van der Waals surface area contributed by atoms with Crippen molar-refractivity contribution in [3.05, 3.63) is 118 Å². The van der Waals surface area contributed by atoms with E-state index < -0.39 is 0 Å². The van der Waals surface area contributed by atoms with Crippen molar-refractivity contribution in [3.63, 3.8) is 0 Å². The number of aryl methyl sites for hydroxylation is 1. The molecule has 4 aromatic carbocycles. The Morgan fingerprint density at radius 2 is 1.42 bits per heavy atom. The van der Waals surface area contributed by atoms with Gasteiger partial charge in [0.1, 0.15) is 5.58 Å². The van der Waals surface area contributed by atoms with Gasteiger partial charge in [-0.3, -0.25) is 0 Å². The van der Waals surface area contributed by atoms with E-state index in [1.165, 1.54) is 92.8 Å². The van der Waals surface area contributed by atoms with Crippen LogP contribution in [0.5, 0.6) is 0 Å². The normalized spacial score (nSPS) is 25.7. The molecule has 3 aliphatic heterocycles. The summed E-state index contributed by atoms with van der Waals surface area (Å²) in [6.07, 6.45) is 7.62. The van der Waals surface area contributed by atoms with Gasteiger partial charge < -0.3 is 14.2 Å². The van der Waals surface area contributed by atoms with Crippen molar-refractivity contribution < 1.29 is 4.42 Å². The summed E-state index contributed by atoms with van der Waals surface area (Å²) < 4.78 is 7.21. The van der Waals surface area contributed by atoms with Crippen LogP contribution in [0.4, 0.5) is 28.4 Å². The van der Waals surface area contributed by atoms with Crippen molar-refractivity contribution in [1.29, 1.82) is 0 Å². The number of furan rings is 1. The number of hydrogen-bond donors (Lipinski definition) is 0. The highest BCUT2D eigenvalue weighted by Crippen LogP contribution is 2.68. The molecule has 0 radical (unpaired) electrons. The van der Waals surface area contributed by atoms with Crippen molar-refractivity contribution in [2.24, 2.45) is 22.7 Å². The molecule has 3 nitrogen and oxygen atoms in total. The lowest BCUT2D eigenvalue weighted by Gasteiger charge is -2.62. The SMILES string of the molecule is CC1=CC2[C@H](C3=C1N1c4cc(C)cc5c4B(c4ccc6c(c41)C3(C)CCC6(C)C)c1oc3ccccc3c1N5c1ccc(C(C)(C)C)cc1)C(C)(C)CCC2(C)C. The number of nitrogens with zero attached hydrogens (tertiary/aromatic N) is 2. The smallest absolute Gasteiger partial charge is 0.297 e. The van der Waals surface area contributed by atoms with Gasteiger partial charge >= 0.3 is 0 Å². The summed E-state index contributed by atoms with van der Waals surface area (Å²) in [5.41, 5.74) is 22.1. The van der Waals surface area contributed by atoms with Crippen molar-refractivity contribution in [3.8, 4) is 0 Å². The van der Waals surface area contributed by atoms with E-state index in [2.05, 4.69) is 172 Å². The van der Waals surface area contributed by atoms with Gasteiger partial charge in [0.05, 0.1) is 11.3 Å². The Hall–Kier alpha value is -4.44. The van der Waals surface area contributed by atoms with Crippen molar-refractivity contribution in [1.82, 2.24) is 0 Å².